The minimum absolute atomic E-state index is 0.270. The van der Waals surface area contributed by atoms with Crippen LogP contribution in [0.2, 0.25) is 0 Å². The van der Waals surface area contributed by atoms with Gasteiger partial charge in [-0.05, 0) is 66.9 Å². The lowest BCUT2D eigenvalue weighted by Gasteiger charge is -2.18. The first-order chi connectivity index (χ1) is 17.1. The quantitative estimate of drug-likeness (QED) is 0.260. The number of rotatable bonds is 4. The number of anilines is 1. The lowest BCUT2D eigenvalue weighted by atomic mass is 10.2. The predicted molar refractivity (Wildman–Crippen MR) is 140 cm³/mol. The SMILES string of the molecule is O=c1c2ccccc2nc(-c2cc3cc(Br)ccc3o2)n1N=Cc1ccc(N2CCCC2)c(F)c1. The number of nitrogens with zero attached hydrogens (tertiary/aromatic N) is 4. The molecule has 0 radical (unpaired) electrons. The number of hydrogen-bond donors (Lipinski definition) is 0. The maximum Gasteiger partial charge on any atom is 0.282 e. The minimum Gasteiger partial charge on any atom is -0.453 e. The van der Waals surface area contributed by atoms with Gasteiger partial charge in [-0.25, -0.2) is 9.37 Å². The summed E-state index contributed by atoms with van der Waals surface area (Å²) in [6.07, 6.45) is 3.61. The lowest BCUT2D eigenvalue weighted by Crippen LogP contribution is -2.20. The number of hydrogen-bond acceptors (Lipinski definition) is 5. The van der Waals surface area contributed by atoms with Gasteiger partial charge in [0, 0.05) is 22.9 Å². The van der Waals surface area contributed by atoms with Crippen molar-refractivity contribution in [1.82, 2.24) is 9.66 Å². The molecule has 0 unspecified atom stereocenters. The second-order valence-corrected chi connectivity index (χ2v) is 9.43. The van der Waals surface area contributed by atoms with Gasteiger partial charge in [0.15, 0.2) is 5.76 Å². The van der Waals surface area contributed by atoms with E-state index in [0.717, 1.165) is 35.8 Å². The second-order valence-electron chi connectivity index (χ2n) is 8.51. The van der Waals surface area contributed by atoms with E-state index < -0.39 is 0 Å². The average Bonchev–Trinajstić information content (AvgIpc) is 3.53. The molecule has 0 aliphatic carbocycles. The maximum absolute atomic E-state index is 14.8. The zero-order valence-corrected chi connectivity index (χ0v) is 20.2. The summed E-state index contributed by atoms with van der Waals surface area (Å²) >= 11 is 3.47. The first kappa shape index (κ1) is 21.7. The fourth-order valence-electron chi connectivity index (χ4n) is 4.46. The molecule has 2 aromatic heterocycles. The van der Waals surface area contributed by atoms with Gasteiger partial charge < -0.3 is 9.32 Å². The number of aromatic nitrogens is 2. The molecule has 3 aromatic carbocycles. The molecule has 6 rings (SSSR count). The van der Waals surface area contributed by atoms with Crippen molar-refractivity contribution < 1.29 is 8.81 Å². The third-order valence-electron chi connectivity index (χ3n) is 6.19. The summed E-state index contributed by atoms with van der Waals surface area (Å²) < 4.78 is 22.9. The standard InChI is InChI=1S/C27H20BrFN4O2/c28-19-8-10-24-18(14-19)15-25(35-24)26-31-22-6-2-1-5-20(22)27(34)33(26)30-16-17-7-9-23(21(29)13-17)32-11-3-4-12-32/h1-2,5-10,13-16H,3-4,11-12H2. The number of para-hydroxylation sites is 1. The lowest BCUT2D eigenvalue weighted by molar-refractivity contribution is 0.615. The second kappa shape index (κ2) is 8.78. The molecule has 174 valence electrons. The Morgan fingerprint density at radius 1 is 1.03 bits per heavy atom. The first-order valence-electron chi connectivity index (χ1n) is 11.4. The van der Waals surface area contributed by atoms with E-state index in [0.29, 0.717) is 33.5 Å². The highest BCUT2D eigenvalue weighted by molar-refractivity contribution is 9.10. The molecule has 5 aromatic rings. The Bertz CT molecular complexity index is 1670. The predicted octanol–water partition coefficient (Wildman–Crippen LogP) is 6.19. The fraction of sp³-hybridized carbons (Fsp3) is 0.148. The molecule has 8 heteroatoms. The van der Waals surface area contributed by atoms with Gasteiger partial charge in [-0.2, -0.15) is 9.78 Å². The van der Waals surface area contributed by atoms with Crippen molar-refractivity contribution >= 4 is 49.7 Å². The molecular formula is C27H20BrFN4O2. The van der Waals surface area contributed by atoms with Crippen molar-refractivity contribution in [2.75, 3.05) is 18.0 Å². The average molecular weight is 531 g/mol. The Kier molecular flexibility index (Phi) is 5.45. The van der Waals surface area contributed by atoms with Crippen molar-refractivity contribution in [3.8, 4) is 11.6 Å². The zero-order valence-electron chi connectivity index (χ0n) is 18.6. The van der Waals surface area contributed by atoms with Crippen LogP contribution in [0, 0.1) is 5.82 Å². The topological polar surface area (TPSA) is 63.6 Å². The van der Waals surface area contributed by atoms with Crippen molar-refractivity contribution in [1.29, 1.82) is 0 Å². The number of fused-ring (bicyclic) bond motifs is 2. The van der Waals surface area contributed by atoms with Crippen LogP contribution in [0.3, 0.4) is 0 Å². The smallest absolute Gasteiger partial charge is 0.282 e. The molecule has 3 heterocycles. The molecule has 1 saturated heterocycles. The molecule has 35 heavy (non-hydrogen) atoms. The molecule has 1 aliphatic heterocycles. The van der Waals surface area contributed by atoms with E-state index in [1.807, 2.05) is 35.2 Å². The molecular weight excluding hydrogens is 511 g/mol. The van der Waals surface area contributed by atoms with Crippen molar-refractivity contribution in [2.45, 2.75) is 12.8 Å². The summed E-state index contributed by atoms with van der Waals surface area (Å²) in [6.45, 7) is 1.72. The summed E-state index contributed by atoms with van der Waals surface area (Å²) in [6, 6.07) is 19.6. The van der Waals surface area contributed by atoms with E-state index in [4.69, 9.17) is 4.42 Å². The van der Waals surface area contributed by atoms with Crippen molar-refractivity contribution in [3.63, 3.8) is 0 Å². The third kappa shape index (κ3) is 4.04. The Morgan fingerprint density at radius 3 is 2.69 bits per heavy atom. The molecule has 0 N–H and O–H groups in total. The Morgan fingerprint density at radius 2 is 1.86 bits per heavy atom. The number of furan rings is 1. The molecule has 1 aliphatic rings. The molecule has 1 fully saturated rings. The number of halogens is 2. The van der Waals surface area contributed by atoms with Gasteiger partial charge in [0.2, 0.25) is 5.82 Å². The largest absolute Gasteiger partial charge is 0.453 e. The minimum atomic E-state index is -0.336. The van der Waals surface area contributed by atoms with Gasteiger partial charge in [-0.3, -0.25) is 4.79 Å². The van der Waals surface area contributed by atoms with Gasteiger partial charge in [0.05, 0.1) is 22.8 Å². The summed E-state index contributed by atoms with van der Waals surface area (Å²) in [4.78, 5) is 20.1. The van der Waals surface area contributed by atoms with Crippen molar-refractivity contribution in [3.05, 3.63) is 92.9 Å². The van der Waals surface area contributed by atoms with Gasteiger partial charge >= 0.3 is 0 Å². The van der Waals surface area contributed by atoms with E-state index in [9.17, 15) is 9.18 Å². The monoisotopic (exact) mass is 530 g/mol. The van der Waals surface area contributed by atoms with Crippen LogP contribution in [0.15, 0.2) is 85.5 Å². The van der Waals surface area contributed by atoms with E-state index in [2.05, 4.69) is 26.0 Å². The van der Waals surface area contributed by atoms with Crippen LogP contribution in [-0.4, -0.2) is 29.0 Å². The van der Waals surface area contributed by atoms with Gasteiger partial charge in [0.1, 0.15) is 11.4 Å². The molecule has 6 nitrogen and oxygen atoms in total. The van der Waals surface area contributed by atoms with Gasteiger partial charge in [-0.15, -0.1) is 0 Å². The maximum atomic E-state index is 14.8. The van der Waals surface area contributed by atoms with Crippen LogP contribution in [0.4, 0.5) is 10.1 Å². The molecule has 0 atom stereocenters. The van der Waals surface area contributed by atoms with E-state index in [1.165, 1.54) is 17.0 Å². The highest BCUT2D eigenvalue weighted by Crippen LogP contribution is 2.29. The molecule has 0 bridgehead atoms. The number of benzene rings is 3. The van der Waals surface area contributed by atoms with E-state index in [1.54, 1.807) is 30.3 Å². The Balaban J connectivity index is 1.46. The summed E-state index contributed by atoms with van der Waals surface area (Å²) in [7, 11) is 0. The zero-order chi connectivity index (χ0) is 23.9. The fourth-order valence-corrected chi connectivity index (χ4v) is 4.84. The van der Waals surface area contributed by atoms with Gasteiger partial charge in [0.25, 0.3) is 5.56 Å². The highest BCUT2D eigenvalue weighted by Gasteiger charge is 2.18. The highest BCUT2D eigenvalue weighted by atomic mass is 79.9. The van der Waals surface area contributed by atoms with Crippen LogP contribution in [-0.2, 0) is 0 Å². The van der Waals surface area contributed by atoms with E-state index >= 15 is 0 Å². The summed E-state index contributed by atoms with van der Waals surface area (Å²) in [5, 5.41) is 5.73. The van der Waals surface area contributed by atoms with Crippen LogP contribution < -0.4 is 10.5 Å². The normalized spacial score (nSPS) is 14.1. The molecule has 0 saturated carbocycles. The van der Waals surface area contributed by atoms with Crippen LogP contribution >= 0.6 is 15.9 Å². The Labute approximate surface area is 208 Å². The Hall–Kier alpha value is -3.78. The summed E-state index contributed by atoms with van der Waals surface area (Å²) in [5.41, 5.74) is 2.02. The van der Waals surface area contributed by atoms with Crippen LogP contribution in [0.5, 0.6) is 0 Å². The molecule has 0 amide bonds. The molecule has 0 spiro atoms. The third-order valence-corrected chi connectivity index (χ3v) is 6.69. The van der Waals surface area contributed by atoms with Gasteiger partial charge in [-0.1, -0.05) is 34.1 Å². The van der Waals surface area contributed by atoms with Crippen LogP contribution in [0.25, 0.3) is 33.5 Å². The van der Waals surface area contributed by atoms with Crippen molar-refractivity contribution in [2.24, 2.45) is 5.10 Å². The summed E-state index contributed by atoms with van der Waals surface area (Å²) in [5.74, 6) is 0.378. The first-order valence-corrected chi connectivity index (χ1v) is 12.2. The van der Waals surface area contributed by atoms with E-state index in [-0.39, 0.29) is 17.2 Å². The van der Waals surface area contributed by atoms with Crippen LogP contribution in [0.1, 0.15) is 18.4 Å².